The van der Waals surface area contributed by atoms with Gasteiger partial charge in [0.1, 0.15) is 25.3 Å². The van der Waals surface area contributed by atoms with Gasteiger partial charge >= 0.3 is 11.9 Å². The molecule has 3 aliphatic rings. The number of cyclic esters (lactones) is 2. The Morgan fingerprint density at radius 1 is 0.679 bits per heavy atom. The molecule has 0 aliphatic carbocycles. The first-order valence-electron chi connectivity index (χ1n) is 10.1. The summed E-state index contributed by atoms with van der Waals surface area (Å²) in [6.07, 6.45) is 7.80. The van der Waals surface area contributed by atoms with Crippen molar-refractivity contribution in [1.29, 1.82) is 0 Å². The molecule has 2 fully saturated rings. The summed E-state index contributed by atoms with van der Waals surface area (Å²) < 4.78 is 10.5. The molecule has 0 radical (unpaired) electrons. The van der Waals surface area contributed by atoms with Gasteiger partial charge in [0.2, 0.25) is 11.8 Å². The van der Waals surface area contributed by atoms with Crippen LogP contribution >= 0.6 is 0 Å². The first kappa shape index (κ1) is 20.4. The van der Waals surface area contributed by atoms with Gasteiger partial charge in [0.25, 0.3) is 0 Å². The van der Waals surface area contributed by atoms with Gasteiger partial charge in [0, 0.05) is 25.9 Å². The van der Waals surface area contributed by atoms with E-state index in [1.165, 1.54) is 0 Å². The minimum atomic E-state index is -0.524. The topological polar surface area (TPSA) is 93.2 Å². The van der Waals surface area contributed by atoms with E-state index in [-0.39, 0.29) is 25.0 Å². The first-order chi connectivity index (χ1) is 13.6. The summed E-state index contributed by atoms with van der Waals surface area (Å²) in [7, 11) is 0. The molecule has 0 bridgehead atoms. The molecule has 8 nitrogen and oxygen atoms in total. The third-order valence-corrected chi connectivity index (χ3v) is 5.53. The maximum absolute atomic E-state index is 12.5. The van der Waals surface area contributed by atoms with Crippen molar-refractivity contribution in [3.05, 3.63) is 12.2 Å². The smallest absolute Gasteiger partial charge is 0.329 e. The minimum Gasteiger partial charge on any atom is -0.460 e. The van der Waals surface area contributed by atoms with E-state index in [1.54, 1.807) is 22.0 Å². The van der Waals surface area contributed by atoms with Crippen LogP contribution in [0.25, 0.3) is 0 Å². The molecule has 0 saturated carbocycles. The van der Waals surface area contributed by atoms with Gasteiger partial charge in [-0.05, 0) is 50.7 Å². The van der Waals surface area contributed by atoms with Crippen LogP contribution in [-0.2, 0) is 28.7 Å². The lowest BCUT2D eigenvalue weighted by atomic mass is 10.1. The Bertz CT molecular complexity index is 593. The number of ether oxygens (including phenoxy) is 2. The molecule has 8 heteroatoms. The molecule has 0 aromatic carbocycles. The molecule has 3 aliphatic heterocycles. The van der Waals surface area contributed by atoms with Crippen LogP contribution in [0.5, 0.6) is 0 Å². The zero-order valence-corrected chi connectivity index (χ0v) is 16.1. The largest absolute Gasteiger partial charge is 0.460 e. The lowest BCUT2D eigenvalue weighted by molar-refractivity contribution is -0.153. The Morgan fingerprint density at radius 2 is 1.11 bits per heavy atom. The van der Waals surface area contributed by atoms with E-state index in [2.05, 4.69) is 0 Å². The second-order valence-electron chi connectivity index (χ2n) is 7.43. The predicted octanol–water partition coefficient (Wildman–Crippen LogP) is 1.18. The summed E-state index contributed by atoms with van der Waals surface area (Å²) in [5.74, 6) is -0.923. The molecule has 3 heterocycles. The lowest BCUT2D eigenvalue weighted by Gasteiger charge is -2.24. The summed E-state index contributed by atoms with van der Waals surface area (Å²) in [6, 6.07) is -1.05. The number of fused-ring (bicyclic) bond motifs is 2. The Morgan fingerprint density at radius 3 is 1.54 bits per heavy atom. The Kier molecular flexibility index (Phi) is 7.06. The quantitative estimate of drug-likeness (QED) is 0.454. The monoisotopic (exact) mass is 392 g/mol. The van der Waals surface area contributed by atoms with E-state index in [9.17, 15) is 19.2 Å². The summed E-state index contributed by atoms with van der Waals surface area (Å²) in [5, 5.41) is 0. The standard InChI is InChI=1S/C20H28N2O6/c23-17-9-1-2-10-18(24)22-12-6-8-16(22)20(26)28-14-4-3-13-27-19(25)15-7-5-11-21(15)17/h3-4,15-16H,1-2,5-14H2/t15-,16-/m1/s1. The van der Waals surface area contributed by atoms with Gasteiger partial charge < -0.3 is 19.3 Å². The number of hydrogen-bond donors (Lipinski definition) is 0. The fourth-order valence-electron chi connectivity index (χ4n) is 4.05. The highest BCUT2D eigenvalue weighted by Crippen LogP contribution is 2.22. The molecular formula is C20H28N2O6. The van der Waals surface area contributed by atoms with Crippen molar-refractivity contribution in [2.75, 3.05) is 26.3 Å². The van der Waals surface area contributed by atoms with Gasteiger partial charge in [-0.1, -0.05) is 0 Å². The molecular weight excluding hydrogens is 364 g/mol. The molecule has 0 N–H and O–H groups in total. The van der Waals surface area contributed by atoms with Crippen molar-refractivity contribution in [3.63, 3.8) is 0 Å². The molecule has 2 amide bonds. The normalized spacial score (nSPS) is 28.3. The van der Waals surface area contributed by atoms with Crippen molar-refractivity contribution in [2.24, 2.45) is 0 Å². The average molecular weight is 392 g/mol. The molecule has 2 atom stereocenters. The van der Waals surface area contributed by atoms with Crippen LogP contribution in [0, 0.1) is 0 Å². The fraction of sp³-hybridized carbons (Fsp3) is 0.700. The molecule has 28 heavy (non-hydrogen) atoms. The maximum atomic E-state index is 12.5. The number of rotatable bonds is 0. The van der Waals surface area contributed by atoms with Gasteiger partial charge in [0.15, 0.2) is 0 Å². The van der Waals surface area contributed by atoms with E-state index in [4.69, 9.17) is 9.47 Å². The van der Waals surface area contributed by atoms with Crippen molar-refractivity contribution in [3.8, 4) is 0 Å². The van der Waals surface area contributed by atoms with Crippen molar-refractivity contribution < 1.29 is 28.7 Å². The van der Waals surface area contributed by atoms with E-state index >= 15 is 0 Å². The predicted molar refractivity (Wildman–Crippen MR) is 99.0 cm³/mol. The SMILES string of the molecule is O=C1OCC=CCOC(=O)[C@H]2CCCN2C(=O)CCCCC(=O)N2CCC[C@H]12. The van der Waals surface area contributed by atoms with Crippen LogP contribution in [0.2, 0.25) is 0 Å². The van der Waals surface area contributed by atoms with Crippen molar-refractivity contribution >= 4 is 23.8 Å². The number of carbonyl (C=O) groups excluding carboxylic acids is 4. The van der Waals surface area contributed by atoms with E-state index in [0.29, 0.717) is 51.6 Å². The van der Waals surface area contributed by atoms with Gasteiger partial charge in [-0.2, -0.15) is 0 Å². The molecule has 0 aromatic heterocycles. The van der Waals surface area contributed by atoms with Crippen LogP contribution < -0.4 is 0 Å². The van der Waals surface area contributed by atoms with Gasteiger partial charge in [-0.3, -0.25) is 9.59 Å². The van der Waals surface area contributed by atoms with Crippen LogP contribution in [0.4, 0.5) is 0 Å². The average Bonchev–Trinajstić information content (AvgIpc) is 3.36. The zero-order valence-electron chi connectivity index (χ0n) is 16.1. The molecule has 0 spiro atoms. The third kappa shape index (κ3) is 4.91. The highest BCUT2D eigenvalue weighted by molar-refractivity contribution is 5.86. The highest BCUT2D eigenvalue weighted by atomic mass is 16.5. The number of amides is 2. The molecule has 2 saturated heterocycles. The highest BCUT2D eigenvalue weighted by Gasteiger charge is 2.36. The van der Waals surface area contributed by atoms with Crippen LogP contribution in [0.1, 0.15) is 51.4 Å². The minimum absolute atomic E-state index is 0.0637. The van der Waals surface area contributed by atoms with Gasteiger partial charge in [0.05, 0.1) is 0 Å². The number of carbonyl (C=O) groups is 4. The Balaban J connectivity index is 1.65. The molecule has 0 unspecified atom stereocenters. The Labute approximate surface area is 164 Å². The Hall–Kier alpha value is -2.38. The number of esters is 2. The summed E-state index contributed by atoms with van der Waals surface area (Å²) in [5.41, 5.74) is 0. The van der Waals surface area contributed by atoms with E-state index in [1.807, 2.05) is 0 Å². The number of hydrogen-bond acceptors (Lipinski definition) is 6. The zero-order chi connectivity index (χ0) is 19.9. The third-order valence-electron chi connectivity index (χ3n) is 5.53. The van der Waals surface area contributed by atoms with Gasteiger partial charge in [-0.25, -0.2) is 9.59 Å². The molecule has 0 aromatic rings. The van der Waals surface area contributed by atoms with Crippen LogP contribution in [0.15, 0.2) is 12.2 Å². The number of nitrogens with zero attached hydrogens (tertiary/aromatic N) is 2. The van der Waals surface area contributed by atoms with E-state index in [0.717, 1.165) is 12.8 Å². The first-order valence-corrected chi connectivity index (χ1v) is 10.1. The molecule has 3 rings (SSSR count). The maximum Gasteiger partial charge on any atom is 0.329 e. The van der Waals surface area contributed by atoms with Crippen molar-refractivity contribution in [2.45, 2.75) is 63.5 Å². The van der Waals surface area contributed by atoms with Crippen molar-refractivity contribution in [1.82, 2.24) is 9.80 Å². The summed E-state index contributed by atoms with van der Waals surface area (Å²) >= 11 is 0. The van der Waals surface area contributed by atoms with Crippen LogP contribution in [-0.4, -0.2) is 71.9 Å². The lowest BCUT2D eigenvalue weighted by Crippen LogP contribution is -2.42. The van der Waals surface area contributed by atoms with Crippen LogP contribution in [0.3, 0.4) is 0 Å². The van der Waals surface area contributed by atoms with E-state index < -0.39 is 24.0 Å². The fourth-order valence-corrected chi connectivity index (χ4v) is 4.05. The second kappa shape index (κ2) is 9.71. The second-order valence-corrected chi connectivity index (χ2v) is 7.43. The van der Waals surface area contributed by atoms with Gasteiger partial charge in [-0.15, -0.1) is 0 Å². The molecule has 154 valence electrons. The summed E-state index contributed by atoms with van der Waals surface area (Å²) in [4.78, 5) is 52.7. The summed E-state index contributed by atoms with van der Waals surface area (Å²) in [6.45, 7) is 1.28.